The summed E-state index contributed by atoms with van der Waals surface area (Å²) >= 11 is 0. The van der Waals surface area contributed by atoms with E-state index in [4.69, 9.17) is 20.7 Å². The molecule has 22 heavy (non-hydrogen) atoms. The van der Waals surface area contributed by atoms with E-state index in [0.29, 0.717) is 4.73 Å². The van der Waals surface area contributed by atoms with Crippen LogP contribution in [0.5, 0.6) is 5.75 Å². The van der Waals surface area contributed by atoms with Crippen molar-refractivity contribution in [2.24, 2.45) is 11.7 Å². The molecule has 0 saturated heterocycles. The Morgan fingerprint density at radius 2 is 2.05 bits per heavy atom. The third kappa shape index (κ3) is 5.17. The lowest BCUT2D eigenvalue weighted by atomic mass is 9.95. The lowest BCUT2D eigenvalue weighted by Gasteiger charge is -2.15. The van der Waals surface area contributed by atoms with Crippen molar-refractivity contribution in [1.82, 2.24) is 0 Å². The molecule has 1 aromatic heterocycles. The first-order valence-electron chi connectivity index (χ1n) is 6.47. The van der Waals surface area contributed by atoms with Crippen LogP contribution in [0, 0.1) is 11.1 Å². The number of aliphatic carboxylic acids is 2. The van der Waals surface area contributed by atoms with Crippen LogP contribution in [0.15, 0.2) is 18.3 Å². The van der Waals surface area contributed by atoms with Gasteiger partial charge in [0.15, 0.2) is 11.4 Å². The fourth-order valence-corrected chi connectivity index (χ4v) is 1.82. The van der Waals surface area contributed by atoms with Crippen molar-refractivity contribution in [3.63, 3.8) is 0 Å². The standard InChI is InChI=1S/C13H17FN2O6/c14-3-4-22-10-2-1-9(16(21)7-10)5-8(12(17)18)6-11(15)13(19)20/h1-2,7-8,11H,3-6,15H2,(H,17,18)(H,19,20)/t8?,11-/m0/s1/i14-1. The number of alkyl halides is 1. The number of nitrogens with two attached hydrogens (primary N) is 1. The van der Waals surface area contributed by atoms with Crippen LogP contribution in [0.25, 0.3) is 0 Å². The third-order valence-corrected chi connectivity index (χ3v) is 2.97. The number of pyridine rings is 1. The van der Waals surface area contributed by atoms with E-state index in [2.05, 4.69) is 0 Å². The Labute approximate surface area is 125 Å². The van der Waals surface area contributed by atoms with Gasteiger partial charge in [0.1, 0.15) is 19.3 Å². The Kier molecular flexibility index (Phi) is 6.51. The normalized spacial score (nSPS) is 13.4. The van der Waals surface area contributed by atoms with Crippen molar-refractivity contribution in [2.45, 2.75) is 18.9 Å². The number of carboxylic acids is 2. The van der Waals surface area contributed by atoms with Gasteiger partial charge in [0.25, 0.3) is 0 Å². The molecule has 9 heteroatoms. The fourth-order valence-electron chi connectivity index (χ4n) is 1.82. The molecule has 1 rings (SSSR count). The smallest absolute Gasteiger partial charge is 0.320 e. The molecule has 2 atom stereocenters. The van der Waals surface area contributed by atoms with Crippen molar-refractivity contribution < 1.29 is 33.7 Å². The third-order valence-electron chi connectivity index (χ3n) is 2.97. The molecule has 0 aliphatic heterocycles. The highest BCUT2D eigenvalue weighted by molar-refractivity contribution is 5.75. The Morgan fingerprint density at radius 3 is 2.55 bits per heavy atom. The van der Waals surface area contributed by atoms with Gasteiger partial charge < -0.3 is 25.9 Å². The summed E-state index contributed by atoms with van der Waals surface area (Å²) in [6, 6.07) is 1.44. The Morgan fingerprint density at radius 1 is 1.36 bits per heavy atom. The SMILES string of the molecule is N[C@@H](CC(Cc1ccc(OCC[18F])c[n+]1[O-])C(=O)O)C(=O)O. The predicted octanol–water partition coefficient (Wildman–Crippen LogP) is -0.286. The first kappa shape index (κ1) is 17.6. The van der Waals surface area contributed by atoms with E-state index in [0.717, 1.165) is 6.20 Å². The maximum atomic E-state index is 12.0. The van der Waals surface area contributed by atoms with Crippen molar-refractivity contribution in [1.29, 1.82) is 0 Å². The highest BCUT2D eigenvalue weighted by atomic mass is 18.2. The van der Waals surface area contributed by atoms with Crippen molar-refractivity contribution in [3.05, 3.63) is 29.2 Å². The summed E-state index contributed by atoms with van der Waals surface area (Å²) in [5.41, 5.74) is 5.45. The fraction of sp³-hybridized carbons (Fsp3) is 0.462. The largest absolute Gasteiger partial charge is 0.618 e. The number of hydrogen-bond donors (Lipinski definition) is 3. The summed E-state index contributed by atoms with van der Waals surface area (Å²) in [4.78, 5) is 21.8. The van der Waals surface area contributed by atoms with Gasteiger partial charge in [-0.25, -0.2) is 4.39 Å². The van der Waals surface area contributed by atoms with E-state index in [-0.39, 0.29) is 30.9 Å². The minimum absolute atomic E-state index is 0.123. The quantitative estimate of drug-likeness (QED) is 0.421. The van der Waals surface area contributed by atoms with Crippen LogP contribution >= 0.6 is 0 Å². The van der Waals surface area contributed by atoms with Gasteiger partial charge in [-0.05, 0) is 12.5 Å². The van der Waals surface area contributed by atoms with Crippen LogP contribution < -0.4 is 15.2 Å². The van der Waals surface area contributed by atoms with Gasteiger partial charge in [-0.3, -0.25) is 9.59 Å². The molecule has 8 nitrogen and oxygen atoms in total. The second-order valence-electron chi connectivity index (χ2n) is 4.64. The molecule has 0 bridgehead atoms. The number of aromatic nitrogens is 1. The summed E-state index contributed by atoms with van der Waals surface area (Å²) < 4.78 is 17.3. The molecule has 1 aromatic rings. The van der Waals surface area contributed by atoms with Gasteiger partial charge in [0, 0.05) is 12.5 Å². The average Bonchev–Trinajstić information content (AvgIpc) is 2.46. The van der Waals surface area contributed by atoms with Crippen molar-refractivity contribution >= 4 is 11.9 Å². The Bertz CT molecular complexity index is 539. The van der Waals surface area contributed by atoms with E-state index in [9.17, 15) is 19.2 Å². The molecule has 1 unspecified atom stereocenters. The predicted molar refractivity (Wildman–Crippen MR) is 71.9 cm³/mol. The molecule has 4 N–H and O–H groups in total. The molecule has 0 amide bonds. The second-order valence-corrected chi connectivity index (χ2v) is 4.64. The van der Waals surface area contributed by atoms with Gasteiger partial charge >= 0.3 is 11.9 Å². The van der Waals surface area contributed by atoms with Crippen LogP contribution in [0.2, 0.25) is 0 Å². The number of carboxylic acid groups (broad SMARTS) is 2. The first-order valence-corrected chi connectivity index (χ1v) is 6.47. The van der Waals surface area contributed by atoms with Gasteiger partial charge in [-0.1, -0.05) is 0 Å². The van der Waals surface area contributed by atoms with Crippen LogP contribution in [-0.2, 0) is 16.0 Å². The summed E-state index contributed by atoms with van der Waals surface area (Å²) in [5, 5.41) is 29.6. The van der Waals surface area contributed by atoms with Crippen LogP contribution in [0.3, 0.4) is 0 Å². The van der Waals surface area contributed by atoms with Gasteiger partial charge in [-0.15, -0.1) is 0 Å². The summed E-state index contributed by atoms with van der Waals surface area (Å²) in [7, 11) is 0. The molecule has 0 spiro atoms. The first-order chi connectivity index (χ1) is 10.3. The minimum Gasteiger partial charge on any atom is -0.618 e. The molecule has 0 saturated carbocycles. The molecular weight excluding hydrogens is 298 g/mol. The zero-order valence-corrected chi connectivity index (χ0v) is 11.6. The number of ether oxygens (including phenoxy) is 1. The molecule has 122 valence electrons. The molecule has 0 aliphatic carbocycles. The molecular formula is C13H17FN2O6. The van der Waals surface area contributed by atoms with Crippen molar-refractivity contribution in [2.75, 3.05) is 13.3 Å². The number of rotatable bonds is 9. The van der Waals surface area contributed by atoms with E-state index in [1.807, 2.05) is 0 Å². The van der Waals surface area contributed by atoms with E-state index in [1.54, 1.807) is 0 Å². The number of hydrogen-bond acceptors (Lipinski definition) is 5. The maximum Gasteiger partial charge on any atom is 0.320 e. The lowest BCUT2D eigenvalue weighted by molar-refractivity contribution is -0.614. The van der Waals surface area contributed by atoms with Gasteiger partial charge in [0.05, 0.1) is 5.92 Å². The van der Waals surface area contributed by atoms with E-state index < -0.39 is 30.6 Å². The highest BCUT2D eigenvalue weighted by Crippen LogP contribution is 2.15. The second kappa shape index (κ2) is 8.13. The average molecular weight is 315 g/mol. The molecule has 0 aromatic carbocycles. The zero-order chi connectivity index (χ0) is 16.7. The molecule has 0 aliphatic rings. The van der Waals surface area contributed by atoms with E-state index >= 15 is 0 Å². The lowest BCUT2D eigenvalue weighted by Crippen LogP contribution is -2.38. The monoisotopic (exact) mass is 315 g/mol. The van der Waals surface area contributed by atoms with E-state index in [1.165, 1.54) is 12.1 Å². The topological polar surface area (TPSA) is 137 Å². The molecule has 0 fully saturated rings. The molecule has 1 heterocycles. The number of carbonyl (C=O) groups is 2. The Hall–Kier alpha value is -2.42. The summed E-state index contributed by atoms with van der Waals surface area (Å²) in [6.45, 7) is -0.890. The summed E-state index contributed by atoms with van der Waals surface area (Å²) in [5.74, 6) is -3.50. The van der Waals surface area contributed by atoms with Gasteiger partial charge in [0.2, 0.25) is 6.20 Å². The minimum atomic E-state index is -1.33. The zero-order valence-electron chi connectivity index (χ0n) is 11.6. The van der Waals surface area contributed by atoms with Crippen LogP contribution in [0.4, 0.5) is 4.39 Å². The maximum absolute atomic E-state index is 12.0. The van der Waals surface area contributed by atoms with Crippen molar-refractivity contribution in [3.8, 4) is 5.75 Å². The number of halogens is 1. The Balaban J connectivity index is 2.81. The highest BCUT2D eigenvalue weighted by Gasteiger charge is 2.27. The molecule has 0 radical (unpaired) electrons. The number of nitrogens with zero attached hydrogens (tertiary/aromatic N) is 1. The van der Waals surface area contributed by atoms with Crippen LogP contribution in [0.1, 0.15) is 12.1 Å². The van der Waals surface area contributed by atoms with Gasteiger partial charge in [-0.2, -0.15) is 4.73 Å². The summed E-state index contributed by atoms with van der Waals surface area (Å²) in [6.07, 6.45) is 0.578. The van der Waals surface area contributed by atoms with Crippen LogP contribution in [-0.4, -0.2) is 41.5 Å².